The molecule has 3 heteroatoms. The third kappa shape index (κ3) is 4.00. The van der Waals surface area contributed by atoms with E-state index in [0.29, 0.717) is 24.4 Å². The highest BCUT2D eigenvalue weighted by atomic mass is 16.2. The van der Waals surface area contributed by atoms with E-state index in [1.807, 2.05) is 0 Å². The molecular formula is C18H34N2O. The topological polar surface area (TPSA) is 46.3 Å². The molecule has 2 fully saturated rings. The lowest BCUT2D eigenvalue weighted by molar-refractivity contribution is -0.146. The molecule has 0 heterocycles. The average Bonchev–Trinajstić information content (AvgIpc) is 3.02. The molecule has 0 unspecified atom stereocenters. The van der Waals surface area contributed by atoms with Gasteiger partial charge in [-0.05, 0) is 38.0 Å². The van der Waals surface area contributed by atoms with Crippen LogP contribution in [0.15, 0.2) is 0 Å². The van der Waals surface area contributed by atoms with Crippen molar-refractivity contribution in [2.75, 3.05) is 13.1 Å². The summed E-state index contributed by atoms with van der Waals surface area (Å²) in [5, 5.41) is 0. The van der Waals surface area contributed by atoms with Gasteiger partial charge in [-0.1, -0.05) is 46.0 Å². The smallest absolute Gasteiger partial charge is 0.230 e. The number of nitrogens with zero attached hydrogens (tertiary/aromatic N) is 1. The van der Waals surface area contributed by atoms with Crippen molar-refractivity contribution in [1.82, 2.24) is 4.90 Å². The van der Waals surface area contributed by atoms with E-state index in [-0.39, 0.29) is 5.41 Å². The Kier molecular flexibility index (Phi) is 6.09. The first kappa shape index (κ1) is 16.8. The maximum absolute atomic E-state index is 13.3. The molecule has 0 aromatic rings. The Labute approximate surface area is 130 Å². The molecule has 0 radical (unpaired) electrons. The van der Waals surface area contributed by atoms with Crippen LogP contribution in [0.2, 0.25) is 0 Å². The van der Waals surface area contributed by atoms with Gasteiger partial charge in [0.05, 0.1) is 5.41 Å². The van der Waals surface area contributed by atoms with E-state index in [0.717, 1.165) is 25.8 Å². The zero-order valence-corrected chi connectivity index (χ0v) is 14.1. The van der Waals surface area contributed by atoms with Gasteiger partial charge in [-0.15, -0.1) is 0 Å². The monoisotopic (exact) mass is 294 g/mol. The van der Waals surface area contributed by atoms with Crippen LogP contribution < -0.4 is 5.73 Å². The summed E-state index contributed by atoms with van der Waals surface area (Å²) in [4.78, 5) is 15.5. The molecule has 0 aromatic heterocycles. The van der Waals surface area contributed by atoms with Crippen molar-refractivity contribution < 1.29 is 4.79 Å². The van der Waals surface area contributed by atoms with Gasteiger partial charge in [0.25, 0.3) is 0 Å². The van der Waals surface area contributed by atoms with Gasteiger partial charge in [-0.3, -0.25) is 4.79 Å². The Hall–Kier alpha value is -0.570. The van der Waals surface area contributed by atoms with Gasteiger partial charge in [0.15, 0.2) is 0 Å². The van der Waals surface area contributed by atoms with Gasteiger partial charge in [-0.2, -0.15) is 0 Å². The quantitative estimate of drug-likeness (QED) is 0.811. The summed E-state index contributed by atoms with van der Waals surface area (Å²) in [6.45, 7) is 5.97. The van der Waals surface area contributed by atoms with Crippen molar-refractivity contribution in [2.45, 2.75) is 84.1 Å². The predicted octanol–water partition coefficient (Wildman–Crippen LogP) is 3.71. The molecule has 0 saturated heterocycles. The lowest BCUT2D eigenvalue weighted by Crippen LogP contribution is -2.52. The second-order valence-electron chi connectivity index (χ2n) is 7.66. The second kappa shape index (κ2) is 7.62. The van der Waals surface area contributed by atoms with Gasteiger partial charge in [0.1, 0.15) is 0 Å². The molecule has 0 aliphatic heterocycles. The number of amides is 1. The van der Waals surface area contributed by atoms with Crippen molar-refractivity contribution in [3.8, 4) is 0 Å². The van der Waals surface area contributed by atoms with Crippen LogP contribution in [0.3, 0.4) is 0 Å². The number of carbonyl (C=O) groups is 1. The van der Waals surface area contributed by atoms with E-state index in [1.165, 1.54) is 44.9 Å². The van der Waals surface area contributed by atoms with Crippen LogP contribution in [0.1, 0.15) is 78.1 Å². The molecule has 0 bridgehead atoms. The molecule has 3 nitrogen and oxygen atoms in total. The summed E-state index contributed by atoms with van der Waals surface area (Å²) in [5.41, 5.74) is 5.85. The third-order valence-electron chi connectivity index (χ3n) is 5.63. The third-order valence-corrected chi connectivity index (χ3v) is 5.63. The first-order chi connectivity index (χ1) is 10.1. The fraction of sp³-hybridized carbons (Fsp3) is 0.944. The van der Waals surface area contributed by atoms with E-state index in [1.54, 1.807) is 0 Å². The molecule has 122 valence electrons. The van der Waals surface area contributed by atoms with E-state index in [9.17, 15) is 4.79 Å². The van der Waals surface area contributed by atoms with Crippen LogP contribution in [0.5, 0.6) is 0 Å². The van der Waals surface area contributed by atoms with E-state index in [2.05, 4.69) is 18.7 Å². The highest BCUT2D eigenvalue weighted by molar-refractivity contribution is 5.83. The Bertz CT molecular complexity index is 328. The second-order valence-corrected chi connectivity index (χ2v) is 7.66. The minimum atomic E-state index is -0.238. The molecule has 2 aliphatic rings. The average molecular weight is 294 g/mol. The fourth-order valence-corrected chi connectivity index (χ4v) is 4.10. The van der Waals surface area contributed by atoms with Gasteiger partial charge >= 0.3 is 0 Å². The van der Waals surface area contributed by atoms with Crippen molar-refractivity contribution in [1.29, 1.82) is 0 Å². The molecule has 2 saturated carbocycles. The van der Waals surface area contributed by atoms with Crippen molar-refractivity contribution >= 4 is 5.91 Å². The fourth-order valence-electron chi connectivity index (χ4n) is 4.10. The van der Waals surface area contributed by atoms with Crippen LogP contribution in [-0.4, -0.2) is 29.9 Å². The van der Waals surface area contributed by atoms with Gasteiger partial charge < -0.3 is 10.6 Å². The number of nitrogens with two attached hydrogens (primary N) is 1. The van der Waals surface area contributed by atoms with E-state index >= 15 is 0 Å². The molecule has 2 aliphatic carbocycles. The zero-order valence-electron chi connectivity index (χ0n) is 14.1. The van der Waals surface area contributed by atoms with Crippen LogP contribution in [-0.2, 0) is 4.79 Å². The number of hydrogen-bond donors (Lipinski definition) is 1. The zero-order chi connectivity index (χ0) is 15.3. The molecule has 0 atom stereocenters. The SMILES string of the molecule is CC(C)CCN(C(=O)C1(CN)CCCCC1)C1CCCC1. The van der Waals surface area contributed by atoms with Crippen LogP contribution in [0, 0.1) is 11.3 Å². The largest absolute Gasteiger partial charge is 0.339 e. The maximum Gasteiger partial charge on any atom is 0.230 e. The van der Waals surface area contributed by atoms with E-state index in [4.69, 9.17) is 5.73 Å². The molecule has 2 N–H and O–H groups in total. The Morgan fingerprint density at radius 2 is 1.76 bits per heavy atom. The standard InChI is InChI=1S/C18H34N2O/c1-15(2)10-13-20(16-8-4-5-9-16)17(21)18(14-19)11-6-3-7-12-18/h15-16H,3-14,19H2,1-2H3. The lowest BCUT2D eigenvalue weighted by atomic mass is 9.72. The highest BCUT2D eigenvalue weighted by Crippen LogP contribution is 2.39. The molecular weight excluding hydrogens is 260 g/mol. The normalized spacial score (nSPS) is 22.7. The number of rotatable bonds is 6. The molecule has 2 rings (SSSR count). The molecule has 0 spiro atoms. The van der Waals surface area contributed by atoms with Crippen LogP contribution >= 0.6 is 0 Å². The van der Waals surface area contributed by atoms with Gasteiger partial charge in [0.2, 0.25) is 5.91 Å². The summed E-state index contributed by atoms with van der Waals surface area (Å²) in [7, 11) is 0. The van der Waals surface area contributed by atoms with Crippen LogP contribution in [0.25, 0.3) is 0 Å². The van der Waals surface area contributed by atoms with Crippen molar-refractivity contribution in [3.63, 3.8) is 0 Å². The minimum absolute atomic E-state index is 0.238. The Balaban J connectivity index is 2.11. The minimum Gasteiger partial charge on any atom is -0.339 e. The first-order valence-electron chi connectivity index (χ1n) is 9.10. The summed E-state index contributed by atoms with van der Waals surface area (Å²) in [5.74, 6) is 1.04. The molecule has 21 heavy (non-hydrogen) atoms. The number of hydrogen-bond acceptors (Lipinski definition) is 2. The summed E-state index contributed by atoms with van der Waals surface area (Å²) < 4.78 is 0. The molecule has 0 aromatic carbocycles. The first-order valence-corrected chi connectivity index (χ1v) is 9.10. The Morgan fingerprint density at radius 1 is 1.14 bits per heavy atom. The van der Waals surface area contributed by atoms with E-state index < -0.39 is 0 Å². The number of carbonyl (C=O) groups excluding carboxylic acids is 1. The molecule has 1 amide bonds. The summed E-state index contributed by atoms with van der Waals surface area (Å²) in [6.07, 6.45) is 11.7. The summed E-state index contributed by atoms with van der Waals surface area (Å²) >= 11 is 0. The van der Waals surface area contributed by atoms with Crippen LogP contribution in [0.4, 0.5) is 0 Å². The lowest BCUT2D eigenvalue weighted by Gasteiger charge is -2.41. The predicted molar refractivity (Wildman–Crippen MR) is 88.0 cm³/mol. The Morgan fingerprint density at radius 3 is 2.29 bits per heavy atom. The highest BCUT2D eigenvalue weighted by Gasteiger charge is 2.42. The van der Waals surface area contributed by atoms with Gasteiger partial charge in [-0.25, -0.2) is 0 Å². The van der Waals surface area contributed by atoms with Crippen molar-refractivity contribution in [2.24, 2.45) is 17.1 Å². The van der Waals surface area contributed by atoms with Gasteiger partial charge in [0, 0.05) is 19.1 Å². The van der Waals surface area contributed by atoms with Crippen molar-refractivity contribution in [3.05, 3.63) is 0 Å². The maximum atomic E-state index is 13.3. The summed E-state index contributed by atoms with van der Waals surface area (Å²) in [6, 6.07) is 0.488.